The van der Waals surface area contributed by atoms with E-state index in [9.17, 15) is 14.8 Å². The molecule has 0 radical (unpaired) electrons. The molecule has 4 aromatic rings. The van der Waals surface area contributed by atoms with Crippen LogP contribution >= 0.6 is 10.9 Å². The molecule has 0 saturated carbocycles. The van der Waals surface area contributed by atoms with Crippen LogP contribution in [0.2, 0.25) is 0 Å². The number of benzene rings is 3. The summed E-state index contributed by atoms with van der Waals surface area (Å²) in [6.45, 7) is 7.58. The van der Waals surface area contributed by atoms with Crippen LogP contribution in [0, 0.1) is 19.7 Å². The third kappa shape index (κ3) is 6.46. The molecule has 1 atom stereocenters. The van der Waals surface area contributed by atoms with E-state index in [1.54, 1.807) is 51.1 Å². The molecule has 194 valence electrons. The van der Waals surface area contributed by atoms with Gasteiger partial charge in [0.2, 0.25) is 4.88 Å². The minimum atomic E-state index is -1.60. The number of halogens is 1. The summed E-state index contributed by atoms with van der Waals surface area (Å²) < 4.78 is 42.2. The van der Waals surface area contributed by atoms with Gasteiger partial charge in [-0.2, -0.15) is 0 Å². The molecule has 0 bridgehead atoms. The lowest BCUT2D eigenvalue weighted by molar-refractivity contribution is 0.0547. The van der Waals surface area contributed by atoms with E-state index >= 15 is 4.39 Å². The van der Waals surface area contributed by atoms with Gasteiger partial charge in [-0.05, 0) is 91.9 Å². The number of hydrogen-bond donors (Lipinski definition) is 2. The summed E-state index contributed by atoms with van der Waals surface area (Å²) in [7, 11) is -1.60. The first-order valence-electron chi connectivity index (χ1n) is 11.9. The average Bonchev–Trinajstić information content (AvgIpc) is 3.18. The molecule has 0 amide bonds. The van der Waals surface area contributed by atoms with Crippen LogP contribution < -0.4 is 9.47 Å². The first-order chi connectivity index (χ1) is 17.5. The molecule has 0 aliphatic heterocycles. The summed E-state index contributed by atoms with van der Waals surface area (Å²) >= 11 is 0. The standard InChI is InChI=1S/C29H30FNO5S/c1-18-14-24(35-13-12-29(3,4)33)28(30)19(2)27(18)22-7-5-6-20(15-22)17-36-23-10-8-21(9-11-23)25-16-26(32)31-37(25)34/h5-11,14-16,33H,12-13,17H2,1-4H3,(H,31,32). The fourth-order valence-electron chi connectivity index (χ4n) is 4.09. The lowest BCUT2D eigenvalue weighted by atomic mass is 9.94. The Labute approximate surface area is 218 Å². The number of aliphatic hydroxyl groups is 1. The van der Waals surface area contributed by atoms with Crippen molar-refractivity contribution < 1.29 is 28.6 Å². The van der Waals surface area contributed by atoms with Gasteiger partial charge in [0.15, 0.2) is 11.6 Å². The van der Waals surface area contributed by atoms with Gasteiger partial charge < -0.3 is 24.2 Å². The summed E-state index contributed by atoms with van der Waals surface area (Å²) in [5.74, 6) is 0.168. The first kappa shape index (κ1) is 26.6. The lowest BCUT2D eigenvalue weighted by Crippen LogP contribution is -2.22. The molecule has 1 heterocycles. The van der Waals surface area contributed by atoms with Gasteiger partial charge in [-0.15, -0.1) is 0 Å². The van der Waals surface area contributed by atoms with Crippen molar-refractivity contribution in [1.29, 1.82) is 0 Å². The Hall–Kier alpha value is -3.46. The Morgan fingerprint density at radius 2 is 1.73 bits per heavy atom. The molecule has 8 heteroatoms. The highest BCUT2D eigenvalue weighted by Gasteiger charge is 2.18. The second-order valence-electron chi connectivity index (χ2n) is 9.64. The largest absolute Gasteiger partial charge is 0.568 e. The molecule has 1 unspecified atom stereocenters. The molecule has 2 N–H and O–H groups in total. The van der Waals surface area contributed by atoms with Crippen LogP contribution in [0.15, 0.2) is 60.7 Å². The van der Waals surface area contributed by atoms with Crippen molar-refractivity contribution in [2.75, 3.05) is 6.61 Å². The van der Waals surface area contributed by atoms with Gasteiger partial charge in [0.05, 0.1) is 29.2 Å². The number of aryl methyl sites for hydroxylation is 1. The highest BCUT2D eigenvalue weighted by Crippen LogP contribution is 2.36. The molecule has 4 rings (SSSR count). The quantitative estimate of drug-likeness (QED) is 0.236. The predicted molar refractivity (Wildman–Crippen MR) is 142 cm³/mol. The van der Waals surface area contributed by atoms with E-state index < -0.39 is 22.4 Å². The molecule has 1 aromatic heterocycles. The minimum Gasteiger partial charge on any atom is -0.568 e. The normalized spacial score (nSPS) is 12.0. The third-order valence-electron chi connectivity index (χ3n) is 6.02. The highest BCUT2D eigenvalue weighted by atomic mass is 32.2. The molecule has 3 aromatic carbocycles. The van der Waals surface area contributed by atoms with E-state index in [0.717, 1.165) is 22.3 Å². The van der Waals surface area contributed by atoms with Crippen LogP contribution in [0.1, 0.15) is 37.0 Å². The summed E-state index contributed by atoms with van der Waals surface area (Å²) in [5, 5.41) is 19.3. The van der Waals surface area contributed by atoms with Crippen molar-refractivity contribution in [3.05, 3.63) is 83.2 Å². The lowest BCUT2D eigenvalue weighted by Gasteiger charge is -2.19. The van der Waals surface area contributed by atoms with E-state index in [1.807, 2.05) is 31.2 Å². The second-order valence-corrected chi connectivity index (χ2v) is 10.8. The van der Waals surface area contributed by atoms with Gasteiger partial charge in [-0.3, -0.25) is 0 Å². The molecule has 6 nitrogen and oxygen atoms in total. The van der Waals surface area contributed by atoms with Crippen LogP contribution in [0.4, 0.5) is 4.39 Å². The maximum Gasteiger partial charge on any atom is 0.270 e. The van der Waals surface area contributed by atoms with Crippen molar-refractivity contribution in [2.24, 2.45) is 0 Å². The minimum absolute atomic E-state index is 0.185. The molecule has 0 aliphatic rings. The van der Waals surface area contributed by atoms with Crippen molar-refractivity contribution in [3.63, 3.8) is 0 Å². The van der Waals surface area contributed by atoms with Crippen LogP contribution in [-0.4, -0.2) is 31.3 Å². The smallest absolute Gasteiger partial charge is 0.270 e. The molecule has 0 aliphatic carbocycles. The number of hydrogen-bond acceptors (Lipinski definition) is 6. The monoisotopic (exact) mass is 523 g/mol. The van der Waals surface area contributed by atoms with E-state index in [2.05, 4.69) is 4.37 Å². The number of rotatable bonds is 9. The zero-order valence-electron chi connectivity index (χ0n) is 21.2. The summed E-state index contributed by atoms with van der Waals surface area (Å²) in [4.78, 5) is 0.448. The van der Waals surface area contributed by atoms with E-state index in [-0.39, 0.29) is 18.2 Å². The maximum atomic E-state index is 15.2. The van der Waals surface area contributed by atoms with E-state index in [1.165, 1.54) is 6.07 Å². The molecule has 0 spiro atoms. The van der Waals surface area contributed by atoms with Crippen LogP contribution in [0.25, 0.3) is 21.6 Å². The fourth-order valence-corrected chi connectivity index (χ4v) is 4.96. The number of nitrogens with zero attached hydrogens (tertiary/aromatic N) is 1. The zero-order chi connectivity index (χ0) is 26.7. The Balaban J connectivity index is 1.47. The highest BCUT2D eigenvalue weighted by molar-refractivity contribution is 7.23. The topological polar surface area (TPSA) is 94.9 Å². The second kappa shape index (κ2) is 10.9. The molecular weight excluding hydrogens is 493 g/mol. The maximum absolute atomic E-state index is 15.2. The van der Waals surface area contributed by atoms with Crippen LogP contribution in [0.3, 0.4) is 0 Å². The fraction of sp³-hybridized carbons (Fsp3) is 0.276. The number of aromatic hydroxyl groups is 1. The van der Waals surface area contributed by atoms with Crippen molar-refractivity contribution in [2.45, 2.75) is 46.3 Å². The van der Waals surface area contributed by atoms with Gasteiger partial charge in [-0.1, -0.05) is 18.2 Å². The number of ether oxygens (including phenoxy) is 2. The Bertz CT molecular complexity index is 1390. The molecule has 0 saturated heterocycles. The van der Waals surface area contributed by atoms with Gasteiger partial charge in [-0.25, -0.2) is 4.39 Å². The average molecular weight is 524 g/mol. The summed E-state index contributed by atoms with van der Waals surface area (Å²) in [5.41, 5.74) is 3.81. The number of aromatic nitrogens is 1. The van der Waals surface area contributed by atoms with Gasteiger partial charge in [0.1, 0.15) is 12.4 Å². The first-order valence-corrected chi connectivity index (χ1v) is 13.0. The SMILES string of the molecule is Cc1cc(OCCC(C)(C)O)c(F)c(C)c1-c1cccc(COc2ccc(-c3cc(O)n[s+]3[O-])cc2)c1. The van der Waals surface area contributed by atoms with E-state index in [0.29, 0.717) is 34.8 Å². The summed E-state index contributed by atoms with van der Waals surface area (Å²) in [6, 6.07) is 17.9. The van der Waals surface area contributed by atoms with Crippen LogP contribution in [0.5, 0.6) is 17.4 Å². The molecular formula is C29H30FNO5S. The predicted octanol–water partition coefficient (Wildman–Crippen LogP) is 6.72. The van der Waals surface area contributed by atoms with Gasteiger partial charge >= 0.3 is 0 Å². The van der Waals surface area contributed by atoms with Crippen molar-refractivity contribution in [3.8, 4) is 38.9 Å². The Morgan fingerprint density at radius 3 is 2.38 bits per heavy atom. The molecule has 0 fully saturated rings. The van der Waals surface area contributed by atoms with Gasteiger partial charge in [0.25, 0.3) is 5.88 Å². The zero-order valence-corrected chi connectivity index (χ0v) is 22.1. The summed E-state index contributed by atoms with van der Waals surface area (Å²) in [6.07, 6.45) is 0.395. The van der Waals surface area contributed by atoms with Gasteiger partial charge in [0, 0.05) is 16.4 Å². The third-order valence-corrected chi connectivity index (χ3v) is 7.10. The Morgan fingerprint density at radius 1 is 1.00 bits per heavy atom. The van der Waals surface area contributed by atoms with Crippen molar-refractivity contribution in [1.82, 2.24) is 4.37 Å². The van der Waals surface area contributed by atoms with E-state index in [4.69, 9.17) is 9.47 Å². The van der Waals surface area contributed by atoms with Crippen LogP contribution in [-0.2, 0) is 6.61 Å². The molecule has 37 heavy (non-hydrogen) atoms. The Kier molecular flexibility index (Phi) is 7.82. The van der Waals surface area contributed by atoms with Crippen molar-refractivity contribution >= 4 is 10.9 Å².